The van der Waals surface area contributed by atoms with Gasteiger partial charge in [0.15, 0.2) is 0 Å². The van der Waals surface area contributed by atoms with Crippen LogP contribution in [0.3, 0.4) is 0 Å². The molecule has 0 unspecified atom stereocenters. The Morgan fingerprint density at radius 3 is 2.42 bits per heavy atom. The van der Waals surface area contributed by atoms with Crippen molar-refractivity contribution in [3.05, 3.63) is 42.6 Å². The number of hydrogen-bond donors (Lipinski definition) is 0. The molecule has 2 nitrogen and oxygen atoms in total. The highest BCUT2D eigenvalue weighted by molar-refractivity contribution is 5.58. The van der Waals surface area contributed by atoms with Gasteiger partial charge in [-0.15, -0.1) is 0 Å². The summed E-state index contributed by atoms with van der Waals surface area (Å²) in [6.07, 6.45) is 1.81. The number of rotatable bonds is 1. The summed E-state index contributed by atoms with van der Waals surface area (Å²) in [5.41, 5.74) is 2.35. The highest BCUT2D eigenvalue weighted by Gasteiger charge is 1.98. The fourth-order valence-corrected chi connectivity index (χ4v) is 1.27. The van der Waals surface area contributed by atoms with E-state index in [4.69, 9.17) is 0 Å². The Morgan fingerprint density at radius 2 is 1.83 bits per heavy atom. The molecule has 0 amide bonds. The van der Waals surface area contributed by atoms with Crippen LogP contribution in [0.4, 0.5) is 0 Å². The van der Waals surface area contributed by atoms with Crippen LogP contribution < -0.4 is 0 Å². The molecule has 0 atom stereocenters. The van der Waals surface area contributed by atoms with E-state index >= 15 is 0 Å². The summed E-state index contributed by atoms with van der Waals surface area (Å²) >= 11 is 0. The van der Waals surface area contributed by atoms with Crippen molar-refractivity contribution >= 4 is 0 Å². The summed E-state index contributed by atoms with van der Waals surface area (Å²) in [5.74, 6) is 0. The van der Waals surface area contributed by atoms with Crippen LogP contribution in [0.5, 0.6) is 0 Å². The van der Waals surface area contributed by atoms with Crippen LogP contribution in [-0.4, -0.2) is 9.78 Å². The van der Waals surface area contributed by atoms with E-state index < -0.39 is 0 Å². The minimum atomic E-state index is 1.15. The van der Waals surface area contributed by atoms with Gasteiger partial charge in [-0.05, 0) is 11.6 Å². The molecule has 0 N–H and O–H groups in total. The largest absolute Gasteiger partial charge is 0.268 e. The van der Waals surface area contributed by atoms with Gasteiger partial charge in [0, 0.05) is 13.2 Å². The molecule has 2 heteroatoms. The molecular formula is C10H10N2. The van der Waals surface area contributed by atoms with Gasteiger partial charge in [-0.25, -0.2) is 0 Å². The van der Waals surface area contributed by atoms with Crippen molar-refractivity contribution in [1.82, 2.24) is 9.78 Å². The maximum absolute atomic E-state index is 4.11. The summed E-state index contributed by atoms with van der Waals surface area (Å²) in [4.78, 5) is 0. The predicted octanol–water partition coefficient (Wildman–Crippen LogP) is 2.09. The third-order valence-electron chi connectivity index (χ3n) is 1.89. The molecule has 0 aliphatic carbocycles. The number of aromatic nitrogens is 2. The fraction of sp³-hybridized carbons (Fsp3) is 0.100. The summed E-state index contributed by atoms with van der Waals surface area (Å²) in [6, 6.07) is 12.2. The number of aryl methyl sites for hydroxylation is 1. The summed E-state index contributed by atoms with van der Waals surface area (Å²) in [6.45, 7) is 0. The number of benzene rings is 1. The topological polar surface area (TPSA) is 17.8 Å². The van der Waals surface area contributed by atoms with Crippen LogP contribution >= 0.6 is 0 Å². The molecule has 0 saturated carbocycles. The van der Waals surface area contributed by atoms with Crippen LogP contribution in [0.25, 0.3) is 11.3 Å². The smallest absolute Gasteiger partial charge is 0.0678 e. The van der Waals surface area contributed by atoms with Crippen molar-refractivity contribution in [2.45, 2.75) is 0 Å². The zero-order valence-corrected chi connectivity index (χ0v) is 6.94. The quantitative estimate of drug-likeness (QED) is 0.621. The SMILES string of the molecule is Cn1nccc1-c1ccccc1. The average Bonchev–Trinajstić information content (AvgIpc) is 2.53. The first kappa shape index (κ1) is 7.10. The van der Waals surface area contributed by atoms with Crippen molar-refractivity contribution in [2.24, 2.45) is 7.05 Å². The van der Waals surface area contributed by atoms with Crippen molar-refractivity contribution in [3.63, 3.8) is 0 Å². The number of hydrogen-bond acceptors (Lipinski definition) is 1. The minimum Gasteiger partial charge on any atom is -0.268 e. The second-order valence-electron chi connectivity index (χ2n) is 2.71. The summed E-state index contributed by atoms with van der Waals surface area (Å²) in [5, 5.41) is 4.11. The van der Waals surface area contributed by atoms with Crippen LogP contribution in [-0.2, 0) is 7.05 Å². The van der Waals surface area contributed by atoms with Crippen molar-refractivity contribution in [2.75, 3.05) is 0 Å². The van der Waals surface area contributed by atoms with Gasteiger partial charge in [-0.2, -0.15) is 5.10 Å². The average molecular weight is 158 g/mol. The molecule has 0 spiro atoms. The first-order chi connectivity index (χ1) is 5.88. The Kier molecular flexibility index (Phi) is 1.67. The summed E-state index contributed by atoms with van der Waals surface area (Å²) < 4.78 is 1.87. The van der Waals surface area contributed by atoms with Gasteiger partial charge < -0.3 is 0 Å². The Labute approximate surface area is 71.5 Å². The first-order valence-electron chi connectivity index (χ1n) is 3.91. The Balaban J connectivity index is 2.51. The van der Waals surface area contributed by atoms with E-state index in [2.05, 4.69) is 17.2 Å². The zero-order chi connectivity index (χ0) is 8.39. The van der Waals surface area contributed by atoms with E-state index in [9.17, 15) is 0 Å². The normalized spacial score (nSPS) is 10.1. The van der Waals surface area contributed by atoms with Crippen molar-refractivity contribution < 1.29 is 0 Å². The monoisotopic (exact) mass is 158 g/mol. The molecule has 0 radical (unpaired) electrons. The second-order valence-corrected chi connectivity index (χ2v) is 2.71. The maximum atomic E-state index is 4.11. The molecule has 1 heterocycles. The van der Waals surface area contributed by atoms with Gasteiger partial charge in [-0.1, -0.05) is 30.3 Å². The lowest BCUT2D eigenvalue weighted by atomic mass is 10.2. The molecule has 12 heavy (non-hydrogen) atoms. The molecule has 0 aliphatic heterocycles. The van der Waals surface area contributed by atoms with E-state index in [1.165, 1.54) is 5.56 Å². The highest BCUT2D eigenvalue weighted by atomic mass is 15.2. The Morgan fingerprint density at radius 1 is 1.08 bits per heavy atom. The Bertz CT molecular complexity index is 362. The minimum absolute atomic E-state index is 1.15. The molecular weight excluding hydrogens is 148 g/mol. The molecule has 60 valence electrons. The van der Waals surface area contributed by atoms with Crippen molar-refractivity contribution in [1.29, 1.82) is 0 Å². The molecule has 0 saturated heterocycles. The van der Waals surface area contributed by atoms with Gasteiger partial charge in [0.25, 0.3) is 0 Å². The zero-order valence-electron chi connectivity index (χ0n) is 6.94. The third-order valence-corrected chi connectivity index (χ3v) is 1.89. The number of nitrogens with zero attached hydrogens (tertiary/aromatic N) is 2. The van der Waals surface area contributed by atoms with E-state index in [-0.39, 0.29) is 0 Å². The van der Waals surface area contributed by atoms with Gasteiger partial charge in [0.1, 0.15) is 0 Å². The van der Waals surface area contributed by atoms with E-state index in [1.807, 2.05) is 42.2 Å². The van der Waals surface area contributed by atoms with E-state index in [0.717, 1.165) is 5.69 Å². The molecule has 2 aromatic rings. The van der Waals surface area contributed by atoms with E-state index in [1.54, 1.807) is 0 Å². The van der Waals surface area contributed by atoms with Crippen LogP contribution in [0.1, 0.15) is 0 Å². The second kappa shape index (κ2) is 2.81. The molecule has 0 aliphatic rings. The van der Waals surface area contributed by atoms with Crippen molar-refractivity contribution in [3.8, 4) is 11.3 Å². The maximum Gasteiger partial charge on any atom is 0.0678 e. The van der Waals surface area contributed by atoms with E-state index in [0.29, 0.717) is 0 Å². The third kappa shape index (κ3) is 1.11. The lowest BCUT2D eigenvalue weighted by Gasteiger charge is -1.99. The molecule has 1 aromatic heterocycles. The Hall–Kier alpha value is -1.57. The lowest BCUT2D eigenvalue weighted by Crippen LogP contribution is -1.92. The molecule has 0 bridgehead atoms. The summed E-state index contributed by atoms with van der Waals surface area (Å²) in [7, 11) is 1.95. The standard InChI is InChI=1S/C10H10N2/c1-12-10(7-8-11-12)9-5-3-2-4-6-9/h2-8H,1H3. The van der Waals surface area contributed by atoms with Crippen LogP contribution in [0.15, 0.2) is 42.6 Å². The molecule has 2 rings (SSSR count). The van der Waals surface area contributed by atoms with Gasteiger partial charge >= 0.3 is 0 Å². The van der Waals surface area contributed by atoms with Gasteiger partial charge in [0.05, 0.1) is 5.69 Å². The van der Waals surface area contributed by atoms with Gasteiger partial charge in [0.2, 0.25) is 0 Å². The highest BCUT2D eigenvalue weighted by Crippen LogP contribution is 2.16. The predicted molar refractivity (Wildman–Crippen MR) is 48.6 cm³/mol. The van der Waals surface area contributed by atoms with Crippen LogP contribution in [0.2, 0.25) is 0 Å². The fourth-order valence-electron chi connectivity index (χ4n) is 1.27. The van der Waals surface area contributed by atoms with Crippen LogP contribution in [0, 0.1) is 0 Å². The first-order valence-corrected chi connectivity index (χ1v) is 3.91. The molecule has 0 fully saturated rings. The van der Waals surface area contributed by atoms with Gasteiger partial charge in [-0.3, -0.25) is 4.68 Å². The lowest BCUT2D eigenvalue weighted by molar-refractivity contribution is 0.776. The molecule has 1 aromatic carbocycles.